The Morgan fingerprint density at radius 2 is 1.59 bits per heavy atom. The molecule has 0 saturated carbocycles. The van der Waals surface area contributed by atoms with E-state index in [1.807, 2.05) is 13.1 Å². The van der Waals surface area contributed by atoms with E-state index in [1.54, 1.807) is 0 Å². The summed E-state index contributed by atoms with van der Waals surface area (Å²) in [5.41, 5.74) is 2.61. The summed E-state index contributed by atoms with van der Waals surface area (Å²) in [5, 5.41) is 0. The molecule has 1 saturated heterocycles. The van der Waals surface area contributed by atoms with Crippen molar-refractivity contribution in [2.75, 3.05) is 0 Å². The largest absolute Gasteiger partial charge is 0.496 e. The van der Waals surface area contributed by atoms with Crippen LogP contribution in [0.4, 0.5) is 0 Å². The Labute approximate surface area is 104 Å². The second kappa shape index (κ2) is 3.82. The Balaban J connectivity index is 2.32. The molecule has 1 aromatic heterocycles. The average molecular weight is 233 g/mol. The third-order valence-corrected chi connectivity index (χ3v) is 3.80. The number of aryl methyl sites for hydroxylation is 2. The van der Waals surface area contributed by atoms with Gasteiger partial charge in [0.15, 0.2) is 0 Å². The Morgan fingerprint density at radius 3 is 2.06 bits per heavy atom. The summed E-state index contributed by atoms with van der Waals surface area (Å²) in [6.07, 6.45) is 1.85. The molecule has 92 valence electrons. The maximum Gasteiger partial charge on any atom is 0.496 e. The fourth-order valence-electron chi connectivity index (χ4n) is 1.92. The minimum Gasteiger partial charge on any atom is -0.399 e. The molecule has 0 spiro atoms. The second-order valence-electron chi connectivity index (χ2n) is 5.77. The summed E-state index contributed by atoms with van der Waals surface area (Å²) >= 11 is 0. The van der Waals surface area contributed by atoms with Gasteiger partial charge in [0.2, 0.25) is 0 Å². The molecule has 1 aliphatic heterocycles. The Morgan fingerprint density at radius 1 is 1.06 bits per heavy atom. The molecular weight excluding hydrogens is 213 g/mol. The van der Waals surface area contributed by atoms with Crippen LogP contribution in [0.25, 0.3) is 0 Å². The fourth-order valence-corrected chi connectivity index (χ4v) is 1.92. The van der Waals surface area contributed by atoms with Gasteiger partial charge in [0.05, 0.1) is 11.2 Å². The van der Waals surface area contributed by atoms with Gasteiger partial charge in [-0.3, -0.25) is 4.98 Å². The van der Waals surface area contributed by atoms with Crippen molar-refractivity contribution in [2.24, 2.45) is 0 Å². The van der Waals surface area contributed by atoms with E-state index in [4.69, 9.17) is 9.31 Å². The molecular formula is C13H20BNO2. The van der Waals surface area contributed by atoms with Crippen molar-refractivity contribution in [1.82, 2.24) is 4.98 Å². The first-order chi connectivity index (χ1) is 7.73. The summed E-state index contributed by atoms with van der Waals surface area (Å²) < 4.78 is 12.0. The van der Waals surface area contributed by atoms with Crippen molar-refractivity contribution < 1.29 is 9.31 Å². The fraction of sp³-hybridized carbons (Fsp3) is 0.615. The van der Waals surface area contributed by atoms with E-state index < -0.39 is 0 Å². The van der Waals surface area contributed by atoms with Gasteiger partial charge in [-0.05, 0) is 53.2 Å². The zero-order chi connectivity index (χ0) is 12.8. The molecule has 1 aromatic rings. The third kappa shape index (κ3) is 2.12. The van der Waals surface area contributed by atoms with Crippen LogP contribution in [-0.2, 0) is 9.31 Å². The van der Waals surface area contributed by atoms with E-state index in [2.05, 4.69) is 45.7 Å². The predicted molar refractivity (Wildman–Crippen MR) is 69.4 cm³/mol. The minimum atomic E-state index is -0.312. The van der Waals surface area contributed by atoms with Crippen LogP contribution in [0.15, 0.2) is 12.3 Å². The molecule has 2 heterocycles. The smallest absolute Gasteiger partial charge is 0.399 e. The molecule has 1 aliphatic rings. The van der Waals surface area contributed by atoms with Crippen LogP contribution in [0, 0.1) is 13.8 Å². The number of nitrogens with zero attached hydrogens (tertiary/aromatic N) is 1. The van der Waals surface area contributed by atoms with E-state index in [1.165, 1.54) is 0 Å². The van der Waals surface area contributed by atoms with Crippen LogP contribution in [0.1, 0.15) is 39.0 Å². The predicted octanol–water partition coefficient (Wildman–Crippen LogP) is 2.00. The number of hydrogen-bond acceptors (Lipinski definition) is 3. The lowest BCUT2D eigenvalue weighted by molar-refractivity contribution is 0.00578. The zero-order valence-corrected chi connectivity index (χ0v) is 11.5. The molecule has 2 rings (SSSR count). The highest BCUT2D eigenvalue weighted by atomic mass is 16.7. The molecule has 0 atom stereocenters. The van der Waals surface area contributed by atoms with Gasteiger partial charge in [0.25, 0.3) is 0 Å². The van der Waals surface area contributed by atoms with Crippen LogP contribution in [0.5, 0.6) is 0 Å². The lowest BCUT2D eigenvalue weighted by Gasteiger charge is -2.32. The first-order valence-corrected chi connectivity index (χ1v) is 6.02. The van der Waals surface area contributed by atoms with Crippen LogP contribution in [0.2, 0.25) is 0 Å². The summed E-state index contributed by atoms with van der Waals surface area (Å²) in [4.78, 5) is 4.32. The second-order valence-corrected chi connectivity index (χ2v) is 5.77. The van der Waals surface area contributed by atoms with Gasteiger partial charge in [-0.25, -0.2) is 0 Å². The Hall–Kier alpha value is -0.865. The minimum absolute atomic E-state index is 0.297. The number of pyridine rings is 1. The lowest BCUT2D eigenvalue weighted by Crippen LogP contribution is -2.41. The maximum atomic E-state index is 6.01. The van der Waals surface area contributed by atoms with Gasteiger partial charge < -0.3 is 9.31 Å². The highest BCUT2D eigenvalue weighted by molar-refractivity contribution is 6.62. The number of rotatable bonds is 1. The van der Waals surface area contributed by atoms with Gasteiger partial charge in [-0.15, -0.1) is 0 Å². The van der Waals surface area contributed by atoms with E-state index in [0.717, 1.165) is 16.7 Å². The van der Waals surface area contributed by atoms with Crippen molar-refractivity contribution in [2.45, 2.75) is 52.7 Å². The van der Waals surface area contributed by atoms with Gasteiger partial charge in [-0.1, -0.05) is 0 Å². The summed E-state index contributed by atoms with van der Waals surface area (Å²) in [7, 11) is -0.312. The molecule has 0 bridgehead atoms. The number of hydrogen-bond donors (Lipinski definition) is 0. The quantitative estimate of drug-likeness (QED) is 0.695. The standard InChI is InChI=1S/C13H20BNO2/c1-9-7-10(2)15-8-11(9)14-16-12(3,4)13(5,6)17-14/h7-8H,1-6H3. The molecule has 0 unspecified atom stereocenters. The zero-order valence-electron chi connectivity index (χ0n) is 11.5. The normalized spacial score (nSPS) is 21.9. The van der Waals surface area contributed by atoms with Crippen molar-refractivity contribution in [1.29, 1.82) is 0 Å². The summed E-state index contributed by atoms with van der Waals surface area (Å²) in [6.45, 7) is 12.3. The van der Waals surface area contributed by atoms with Gasteiger partial charge in [-0.2, -0.15) is 0 Å². The molecule has 0 amide bonds. The molecule has 1 fully saturated rings. The van der Waals surface area contributed by atoms with Gasteiger partial charge >= 0.3 is 7.12 Å². The Bertz CT molecular complexity index is 427. The van der Waals surface area contributed by atoms with Crippen molar-refractivity contribution in [3.63, 3.8) is 0 Å². The van der Waals surface area contributed by atoms with Crippen molar-refractivity contribution in [3.8, 4) is 0 Å². The topological polar surface area (TPSA) is 31.4 Å². The van der Waals surface area contributed by atoms with E-state index in [0.29, 0.717) is 0 Å². The molecule has 0 aliphatic carbocycles. The molecule has 0 radical (unpaired) electrons. The SMILES string of the molecule is Cc1cc(C)c(B2OC(C)(C)C(C)(C)O2)cn1. The lowest BCUT2D eigenvalue weighted by atomic mass is 9.77. The van der Waals surface area contributed by atoms with Crippen LogP contribution in [0.3, 0.4) is 0 Å². The highest BCUT2D eigenvalue weighted by Crippen LogP contribution is 2.36. The molecule has 17 heavy (non-hydrogen) atoms. The molecule has 4 heteroatoms. The number of aromatic nitrogens is 1. The van der Waals surface area contributed by atoms with E-state index >= 15 is 0 Å². The average Bonchev–Trinajstić information content (AvgIpc) is 2.35. The van der Waals surface area contributed by atoms with Gasteiger partial charge in [0.1, 0.15) is 0 Å². The van der Waals surface area contributed by atoms with Crippen LogP contribution >= 0.6 is 0 Å². The van der Waals surface area contributed by atoms with E-state index in [9.17, 15) is 0 Å². The highest BCUT2D eigenvalue weighted by Gasteiger charge is 2.52. The first-order valence-electron chi connectivity index (χ1n) is 6.02. The van der Waals surface area contributed by atoms with Crippen molar-refractivity contribution in [3.05, 3.63) is 23.5 Å². The Kier molecular flexibility index (Phi) is 2.83. The molecule has 0 aromatic carbocycles. The first kappa shape index (κ1) is 12.6. The molecule has 3 nitrogen and oxygen atoms in total. The van der Waals surface area contributed by atoms with Crippen LogP contribution < -0.4 is 5.46 Å². The van der Waals surface area contributed by atoms with Gasteiger partial charge in [0, 0.05) is 17.4 Å². The summed E-state index contributed by atoms with van der Waals surface area (Å²) in [6, 6.07) is 2.06. The van der Waals surface area contributed by atoms with E-state index in [-0.39, 0.29) is 18.3 Å². The maximum absolute atomic E-state index is 6.01. The van der Waals surface area contributed by atoms with Crippen molar-refractivity contribution >= 4 is 12.6 Å². The molecule has 0 N–H and O–H groups in total. The van der Waals surface area contributed by atoms with Crippen LogP contribution in [-0.4, -0.2) is 23.3 Å². The summed E-state index contributed by atoms with van der Waals surface area (Å²) in [5.74, 6) is 0. The third-order valence-electron chi connectivity index (χ3n) is 3.80. The monoisotopic (exact) mass is 233 g/mol.